The van der Waals surface area contributed by atoms with Gasteiger partial charge in [-0.3, -0.25) is 9.59 Å². The fraction of sp³-hybridized carbons (Fsp3) is 0.318. The van der Waals surface area contributed by atoms with E-state index in [0.717, 1.165) is 6.92 Å². The first kappa shape index (κ1) is 27.4. The van der Waals surface area contributed by atoms with Crippen LogP contribution < -0.4 is 0 Å². The summed E-state index contributed by atoms with van der Waals surface area (Å²) in [6.07, 6.45) is -9.12. The van der Waals surface area contributed by atoms with Crippen LogP contribution in [-0.2, 0) is 4.74 Å². The van der Waals surface area contributed by atoms with Gasteiger partial charge < -0.3 is 50.7 Å². The first-order valence-corrected chi connectivity index (χ1v) is 10.2. The Morgan fingerprint density at radius 3 is 2.03 bits per heavy atom. The average Bonchev–Trinajstić information content (AvgIpc) is 2.79. The van der Waals surface area contributed by atoms with Crippen LogP contribution in [0.4, 0.5) is 0 Å². The van der Waals surface area contributed by atoms with Gasteiger partial charge in [0.15, 0.2) is 40.4 Å². The number of aromatic carboxylic acids is 1. The standard InChI is InChI=1S/C22H20O13.Al.3H/c1-4-8-5(2-6(24)9(4)22(33)34)13(25)10-11(15(8)27)16(28)12(18(30)17(10)29)21-20(32)19(31)14(26)7(3-23)35-21;;;;/h2,7,14,19-21,23-24,26,28-32H,3H2,1H3,(H,33,34);;;;/t7-,14-,19+,20-,21-;;;;/m1..../s1. The summed E-state index contributed by atoms with van der Waals surface area (Å²) in [6.45, 7) is 0.291. The summed E-state index contributed by atoms with van der Waals surface area (Å²) >= 11 is 0. The lowest BCUT2D eigenvalue weighted by Crippen LogP contribution is -2.55. The van der Waals surface area contributed by atoms with Crippen LogP contribution in [0, 0.1) is 6.92 Å². The third kappa shape index (κ3) is 3.63. The Kier molecular flexibility index (Phi) is 7.10. The third-order valence-electron chi connectivity index (χ3n) is 6.33. The van der Waals surface area contributed by atoms with Crippen molar-refractivity contribution in [2.24, 2.45) is 0 Å². The van der Waals surface area contributed by atoms with Crippen molar-refractivity contribution in [1.82, 2.24) is 0 Å². The number of phenolic OH excluding ortho intramolecular Hbond substituents is 3. The van der Waals surface area contributed by atoms with Gasteiger partial charge in [-0.2, -0.15) is 0 Å². The van der Waals surface area contributed by atoms with E-state index in [4.69, 9.17) is 4.74 Å². The second kappa shape index (κ2) is 9.34. The van der Waals surface area contributed by atoms with Gasteiger partial charge in [-0.1, -0.05) is 0 Å². The number of phenols is 4. The molecule has 1 heterocycles. The number of aliphatic hydroxyl groups is 4. The molecule has 4 rings (SSSR count). The van der Waals surface area contributed by atoms with Crippen molar-refractivity contribution in [3.05, 3.63) is 45.0 Å². The molecule has 0 aromatic heterocycles. The number of aromatic hydroxyl groups is 4. The lowest BCUT2D eigenvalue weighted by atomic mass is 9.77. The zero-order valence-corrected chi connectivity index (χ0v) is 17.8. The van der Waals surface area contributed by atoms with E-state index in [9.17, 15) is 60.3 Å². The van der Waals surface area contributed by atoms with Crippen molar-refractivity contribution < 1.29 is 65.1 Å². The molecule has 2 aromatic carbocycles. The molecule has 0 spiro atoms. The molecule has 1 fully saturated rings. The normalized spacial score (nSPS) is 25.1. The average molecular weight is 522 g/mol. The largest absolute Gasteiger partial charge is 0.507 e. The summed E-state index contributed by atoms with van der Waals surface area (Å²) < 4.78 is 5.30. The molecular weight excluding hydrogens is 499 g/mol. The molecule has 1 aliphatic heterocycles. The highest BCUT2D eigenvalue weighted by Crippen LogP contribution is 2.52. The maximum atomic E-state index is 13.4. The summed E-state index contributed by atoms with van der Waals surface area (Å²) in [6, 6.07) is 0.716. The molecule has 192 valence electrons. The Balaban J connectivity index is 0.00000361. The summed E-state index contributed by atoms with van der Waals surface area (Å²) in [5.41, 5.74) is -4.49. The molecule has 0 bridgehead atoms. The van der Waals surface area contributed by atoms with Crippen molar-refractivity contribution in [2.75, 3.05) is 6.61 Å². The Labute approximate surface area is 212 Å². The molecule has 0 radical (unpaired) electrons. The summed E-state index contributed by atoms with van der Waals surface area (Å²) in [7, 11) is 0. The number of hydrogen-bond acceptors (Lipinski definition) is 12. The van der Waals surface area contributed by atoms with E-state index in [-0.39, 0.29) is 22.9 Å². The highest BCUT2D eigenvalue weighted by molar-refractivity contribution is 6.31. The maximum Gasteiger partial charge on any atom is 0.339 e. The van der Waals surface area contributed by atoms with Crippen molar-refractivity contribution in [3.8, 4) is 23.0 Å². The van der Waals surface area contributed by atoms with Crippen molar-refractivity contribution in [3.63, 3.8) is 0 Å². The molecule has 5 atom stereocenters. The molecule has 9 N–H and O–H groups in total. The number of aliphatic hydroxyl groups excluding tert-OH is 4. The highest BCUT2D eigenvalue weighted by atomic mass is 27.0. The van der Waals surface area contributed by atoms with Gasteiger partial charge in [0, 0.05) is 11.1 Å². The lowest BCUT2D eigenvalue weighted by molar-refractivity contribution is -0.232. The molecular formula is C22H23AlO13. The predicted octanol–water partition coefficient (Wildman–Crippen LogP) is -2.38. The van der Waals surface area contributed by atoms with Crippen LogP contribution in [0.3, 0.4) is 0 Å². The van der Waals surface area contributed by atoms with Crippen LogP contribution in [0.1, 0.15) is 59.4 Å². The fourth-order valence-electron chi connectivity index (χ4n) is 4.58. The molecule has 13 nitrogen and oxygen atoms in total. The number of rotatable bonds is 3. The number of hydrogen-bond donors (Lipinski definition) is 9. The van der Waals surface area contributed by atoms with E-state index in [2.05, 4.69) is 0 Å². The third-order valence-corrected chi connectivity index (χ3v) is 6.33. The van der Waals surface area contributed by atoms with E-state index in [1.807, 2.05) is 0 Å². The zero-order valence-electron chi connectivity index (χ0n) is 17.8. The molecule has 1 saturated heterocycles. The van der Waals surface area contributed by atoms with Crippen molar-refractivity contribution in [1.29, 1.82) is 0 Å². The number of benzene rings is 2. The number of carboxylic acid groups (broad SMARTS) is 1. The quantitative estimate of drug-likeness (QED) is 0.0993. The van der Waals surface area contributed by atoms with Gasteiger partial charge in [-0.15, -0.1) is 0 Å². The van der Waals surface area contributed by atoms with Gasteiger partial charge in [-0.05, 0) is 18.6 Å². The molecule has 36 heavy (non-hydrogen) atoms. The fourth-order valence-corrected chi connectivity index (χ4v) is 4.58. The Hall–Kier alpha value is -3.22. The summed E-state index contributed by atoms with van der Waals surface area (Å²) in [5, 5.41) is 91.5. The molecule has 14 heteroatoms. The molecule has 0 saturated carbocycles. The molecule has 1 aliphatic carbocycles. The number of carbonyl (C=O) groups excluding carboxylic acids is 2. The van der Waals surface area contributed by atoms with E-state index in [1.54, 1.807) is 0 Å². The smallest absolute Gasteiger partial charge is 0.339 e. The molecule has 0 unspecified atom stereocenters. The van der Waals surface area contributed by atoms with Crippen LogP contribution in [-0.4, -0.2) is 112 Å². The van der Waals surface area contributed by atoms with Gasteiger partial charge in [0.1, 0.15) is 47.6 Å². The molecule has 0 amide bonds. The number of ether oxygens (including phenoxy) is 1. The second-order valence-corrected chi connectivity index (χ2v) is 8.24. The molecule has 2 aromatic rings. The van der Waals surface area contributed by atoms with Gasteiger partial charge in [0.05, 0.1) is 23.3 Å². The van der Waals surface area contributed by atoms with Crippen LogP contribution in [0.5, 0.6) is 23.0 Å². The van der Waals surface area contributed by atoms with E-state index >= 15 is 0 Å². The number of ketones is 2. The summed E-state index contributed by atoms with van der Waals surface area (Å²) in [4.78, 5) is 38.1. The van der Waals surface area contributed by atoms with Crippen molar-refractivity contribution in [2.45, 2.75) is 37.4 Å². The monoisotopic (exact) mass is 522 g/mol. The van der Waals surface area contributed by atoms with Gasteiger partial charge in [0.2, 0.25) is 0 Å². The van der Waals surface area contributed by atoms with Crippen LogP contribution in [0.25, 0.3) is 0 Å². The topological polar surface area (TPSA) is 243 Å². The van der Waals surface area contributed by atoms with E-state index in [1.165, 1.54) is 0 Å². The minimum absolute atomic E-state index is 0. The SMILES string of the molecule is Cc1c(C(=O)O)c(O)cc2c1C(=O)c1c(O)c([C@H]3O[C@H](CO)[C@@H](O)[C@H](O)[C@H]3O)c(O)c(O)c1C2=O.[AlH3]. The van der Waals surface area contributed by atoms with Gasteiger partial charge >= 0.3 is 5.97 Å². The van der Waals surface area contributed by atoms with Crippen molar-refractivity contribution >= 4 is 34.9 Å². The Morgan fingerprint density at radius 1 is 0.889 bits per heavy atom. The summed E-state index contributed by atoms with van der Waals surface area (Å²) in [5.74, 6) is -8.24. The Bertz CT molecular complexity index is 1300. The minimum atomic E-state index is -2.03. The first-order chi connectivity index (χ1) is 16.3. The van der Waals surface area contributed by atoms with Gasteiger partial charge in [-0.25, -0.2) is 4.79 Å². The van der Waals surface area contributed by atoms with Crippen LogP contribution in [0.15, 0.2) is 6.07 Å². The van der Waals surface area contributed by atoms with Gasteiger partial charge in [0.25, 0.3) is 0 Å². The first-order valence-electron chi connectivity index (χ1n) is 10.2. The van der Waals surface area contributed by atoms with E-state index in [0.29, 0.717) is 6.07 Å². The lowest BCUT2D eigenvalue weighted by Gasteiger charge is -2.40. The van der Waals surface area contributed by atoms with Crippen LogP contribution in [0.2, 0.25) is 0 Å². The van der Waals surface area contributed by atoms with E-state index < -0.39 is 111 Å². The highest BCUT2D eigenvalue weighted by Gasteiger charge is 2.48. The number of fused-ring (bicyclic) bond motifs is 2. The molecule has 2 aliphatic rings. The number of carbonyl (C=O) groups is 3. The predicted molar refractivity (Wildman–Crippen MR) is 121 cm³/mol. The maximum absolute atomic E-state index is 13.4. The zero-order chi connectivity index (χ0) is 26.1. The minimum Gasteiger partial charge on any atom is -0.507 e. The number of carboxylic acids is 1. The van der Waals surface area contributed by atoms with Crippen LogP contribution >= 0.6 is 0 Å². The Morgan fingerprint density at radius 2 is 1.47 bits per heavy atom. The second-order valence-electron chi connectivity index (χ2n) is 8.24.